The van der Waals surface area contributed by atoms with Gasteiger partial charge in [0.05, 0.1) is 11.1 Å². The van der Waals surface area contributed by atoms with Gasteiger partial charge in [0.15, 0.2) is 0 Å². The van der Waals surface area contributed by atoms with Crippen LogP contribution in [0.15, 0.2) is 60.9 Å². The van der Waals surface area contributed by atoms with Gasteiger partial charge in [-0.2, -0.15) is 0 Å². The van der Waals surface area contributed by atoms with Gasteiger partial charge in [-0.05, 0) is 25.0 Å². The number of hydrogen-bond acceptors (Lipinski definition) is 4. The lowest BCUT2D eigenvalue weighted by molar-refractivity contribution is -0.129. The zero-order valence-corrected chi connectivity index (χ0v) is 19.4. The SMILES string of the molecule is Cn1cc(C2=C(c3cn(CCCCCC(=O)NO)c4ccccc34)C(=O)NC2=O)c2ccccc21. The van der Waals surface area contributed by atoms with Crippen LogP contribution in [0, 0.1) is 0 Å². The van der Waals surface area contributed by atoms with E-state index in [0.717, 1.165) is 45.8 Å². The van der Waals surface area contributed by atoms with Gasteiger partial charge in [0.25, 0.3) is 11.8 Å². The lowest BCUT2D eigenvalue weighted by Crippen LogP contribution is -2.22. The molecule has 0 spiro atoms. The number of nitrogens with zero attached hydrogens (tertiary/aromatic N) is 2. The second kappa shape index (κ2) is 9.23. The van der Waals surface area contributed by atoms with Crippen LogP contribution in [0.5, 0.6) is 0 Å². The summed E-state index contributed by atoms with van der Waals surface area (Å²) in [6.07, 6.45) is 6.45. The molecule has 0 saturated carbocycles. The highest BCUT2D eigenvalue weighted by molar-refractivity contribution is 6.50. The molecule has 0 bridgehead atoms. The van der Waals surface area contributed by atoms with E-state index in [9.17, 15) is 14.4 Å². The third kappa shape index (κ3) is 4.02. The molecule has 1 aliphatic heterocycles. The van der Waals surface area contributed by atoms with Crippen LogP contribution in [-0.2, 0) is 28.0 Å². The summed E-state index contributed by atoms with van der Waals surface area (Å²) < 4.78 is 4.06. The zero-order chi connectivity index (χ0) is 24.5. The van der Waals surface area contributed by atoms with Gasteiger partial charge in [0.2, 0.25) is 5.91 Å². The van der Waals surface area contributed by atoms with Crippen molar-refractivity contribution in [3.05, 3.63) is 72.1 Å². The molecule has 0 saturated heterocycles. The lowest BCUT2D eigenvalue weighted by Gasteiger charge is -2.05. The molecule has 0 aliphatic carbocycles. The Kier molecular flexibility index (Phi) is 5.96. The number of aromatic nitrogens is 2. The number of fused-ring (bicyclic) bond motifs is 2. The normalized spacial score (nSPS) is 13.8. The van der Waals surface area contributed by atoms with Gasteiger partial charge in [-0.1, -0.05) is 42.8 Å². The van der Waals surface area contributed by atoms with E-state index in [2.05, 4.69) is 9.88 Å². The summed E-state index contributed by atoms with van der Waals surface area (Å²) in [5.74, 6) is -1.17. The molecule has 0 atom stereocenters. The van der Waals surface area contributed by atoms with Crippen molar-refractivity contribution in [1.82, 2.24) is 19.9 Å². The second-order valence-corrected chi connectivity index (χ2v) is 8.80. The summed E-state index contributed by atoms with van der Waals surface area (Å²) in [7, 11) is 1.93. The topological polar surface area (TPSA) is 105 Å². The van der Waals surface area contributed by atoms with Crippen LogP contribution < -0.4 is 10.8 Å². The maximum Gasteiger partial charge on any atom is 0.259 e. The Morgan fingerprint density at radius 3 is 2.14 bits per heavy atom. The van der Waals surface area contributed by atoms with E-state index in [-0.39, 0.29) is 18.2 Å². The van der Waals surface area contributed by atoms with Crippen molar-refractivity contribution >= 4 is 50.7 Å². The van der Waals surface area contributed by atoms with Crippen molar-refractivity contribution in [3.8, 4) is 0 Å². The number of imide groups is 1. The average molecular weight is 471 g/mol. The van der Waals surface area contributed by atoms with Crippen LogP contribution >= 0.6 is 0 Å². The second-order valence-electron chi connectivity index (χ2n) is 8.80. The maximum atomic E-state index is 13.1. The van der Waals surface area contributed by atoms with E-state index in [0.29, 0.717) is 24.1 Å². The van der Waals surface area contributed by atoms with Gasteiger partial charge in [-0.3, -0.25) is 24.9 Å². The number of rotatable bonds is 8. The fourth-order valence-electron chi connectivity index (χ4n) is 4.94. The van der Waals surface area contributed by atoms with E-state index in [4.69, 9.17) is 5.21 Å². The standard InChI is InChI=1S/C27H26N4O4/c1-30-15-19(17-9-4-6-11-21(17)30)24-25(27(34)28-26(24)33)20-16-31(22-12-7-5-10-18(20)22)14-8-2-3-13-23(32)29-35/h4-7,9-12,15-16,35H,2-3,8,13-14H2,1H3,(H,29,32)(H,28,33,34). The van der Waals surface area contributed by atoms with Crippen molar-refractivity contribution in [2.75, 3.05) is 0 Å². The molecule has 2 aromatic carbocycles. The first-order valence-corrected chi connectivity index (χ1v) is 11.6. The summed E-state index contributed by atoms with van der Waals surface area (Å²) >= 11 is 0. The van der Waals surface area contributed by atoms with Gasteiger partial charge in [0, 0.05) is 65.3 Å². The Labute approximate surface area is 201 Å². The molecular weight excluding hydrogens is 444 g/mol. The van der Waals surface area contributed by atoms with E-state index >= 15 is 0 Å². The molecule has 3 amide bonds. The quantitative estimate of drug-likeness (QED) is 0.158. The number of hydroxylamine groups is 1. The van der Waals surface area contributed by atoms with Crippen LogP contribution in [-0.4, -0.2) is 32.1 Å². The Balaban J connectivity index is 1.56. The van der Waals surface area contributed by atoms with Gasteiger partial charge >= 0.3 is 0 Å². The fraction of sp³-hybridized carbons (Fsp3) is 0.222. The van der Waals surface area contributed by atoms with Gasteiger partial charge in [0.1, 0.15) is 0 Å². The molecule has 0 radical (unpaired) electrons. The Morgan fingerprint density at radius 2 is 1.46 bits per heavy atom. The number of carbonyl (C=O) groups is 3. The minimum absolute atomic E-state index is 0.276. The molecule has 0 fully saturated rings. The molecule has 1 aliphatic rings. The fourth-order valence-corrected chi connectivity index (χ4v) is 4.94. The molecule has 3 N–H and O–H groups in total. The highest BCUT2D eigenvalue weighted by atomic mass is 16.5. The summed E-state index contributed by atoms with van der Waals surface area (Å²) in [5, 5.41) is 13.0. The molecular formula is C27H26N4O4. The first-order valence-electron chi connectivity index (χ1n) is 11.6. The first kappa shape index (κ1) is 22.6. The molecule has 8 heteroatoms. The van der Waals surface area contributed by atoms with Crippen molar-refractivity contribution < 1.29 is 19.6 Å². The van der Waals surface area contributed by atoms with Crippen molar-refractivity contribution in [1.29, 1.82) is 0 Å². The summed E-state index contributed by atoms with van der Waals surface area (Å²) in [5.41, 5.74) is 5.87. The molecule has 35 heavy (non-hydrogen) atoms. The molecule has 178 valence electrons. The van der Waals surface area contributed by atoms with E-state index in [1.165, 1.54) is 0 Å². The summed E-state index contributed by atoms with van der Waals surface area (Å²) in [6, 6.07) is 15.7. The molecule has 4 aromatic rings. The molecule has 2 aromatic heterocycles. The van der Waals surface area contributed by atoms with Gasteiger partial charge < -0.3 is 9.13 Å². The van der Waals surface area contributed by atoms with Crippen molar-refractivity contribution in [2.45, 2.75) is 32.2 Å². The number of carbonyl (C=O) groups excluding carboxylic acids is 3. The third-order valence-electron chi connectivity index (χ3n) is 6.58. The van der Waals surface area contributed by atoms with Crippen LogP contribution in [0.2, 0.25) is 0 Å². The number of aryl methyl sites for hydroxylation is 2. The van der Waals surface area contributed by atoms with Crippen LogP contribution in [0.25, 0.3) is 33.0 Å². The Bertz CT molecular complexity index is 1510. The van der Waals surface area contributed by atoms with Crippen LogP contribution in [0.1, 0.15) is 36.8 Å². The number of amides is 3. The molecule has 0 unspecified atom stereocenters. The Morgan fingerprint density at radius 1 is 0.857 bits per heavy atom. The van der Waals surface area contributed by atoms with Gasteiger partial charge in [-0.25, -0.2) is 5.48 Å². The molecule has 8 nitrogen and oxygen atoms in total. The molecule has 3 heterocycles. The average Bonchev–Trinajstić information content (AvgIpc) is 3.49. The number of hydrogen-bond donors (Lipinski definition) is 3. The van der Waals surface area contributed by atoms with Gasteiger partial charge in [-0.15, -0.1) is 0 Å². The van der Waals surface area contributed by atoms with E-state index < -0.39 is 5.91 Å². The largest absolute Gasteiger partial charge is 0.350 e. The maximum absolute atomic E-state index is 13.1. The monoisotopic (exact) mass is 470 g/mol. The third-order valence-corrected chi connectivity index (χ3v) is 6.58. The number of nitrogens with one attached hydrogen (secondary N) is 2. The van der Waals surface area contributed by atoms with Crippen molar-refractivity contribution in [3.63, 3.8) is 0 Å². The number of unbranched alkanes of at least 4 members (excludes halogenated alkanes) is 2. The highest BCUT2D eigenvalue weighted by Gasteiger charge is 2.35. The lowest BCUT2D eigenvalue weighted by atomic mass is 9.95. The smallest absolute Gasteiger partial charge is 0.259 e. The number of benzene rings is 2. The zero-order valence-electron chi connectivity index (χ0n) is 19.4. The van der Waals surface area contributed by atoms with Crippen molar-refractivity contribution in [2.24, 2.45) is 7.05 Å². The molecule has 5 rings (SSSR count). The minimum Gasteiger partial charge on any atom is -0.350 e. The predicted molar refractivity (Wildman–Crippen MR) is 133 cm³/mol. The van der Waals surface area contributed by atoms with E-state index in [1.807, 2.05) is 72.5 Å². The highest BCUT2D eigenvalue weighted by Crippen LogP contribution is 2.38. The summed E-state index contributed by atoms with van der Waals surface area (Å²) in [4.78, 5) is 37.3. The first-order chi connectivity index (χ1) is 17.0. The van der Waals surface area contributed by atoms with Crippen LogP contribution in [0.4, 0.5) is 0 Å². The van der Waals surface area contributed by atoms with E-state index in [1.54, 1.807) is 5.48 Å². The number of para-hydroxylation sites is 2. The minimum atomic E-state index is -0.393. The predicted octanol–water partition coefficient (Wildman–Crippen LogP) is 3.77. The Hall–Kier alpha value is -4.17. The van der Waals surface area contributed by atoms with Crippen LogP contribution in [0.3, 0.4) is 0 Å². The summed E-state index contributed by atoms with van der Waals surface area (Å²) in [6.45, 7) is 0.702.